The minimum absolute atomic E-state index is 0.0519. The average Bonchev–Trinajstić information content (AvgIpc) is 2.77. The molecule has 0 unspecified atom stereocenters. The van der Waals surface area contributed by atoms with Gasteiger partial charge in [-0.3, -0.25) is 4.79 Å². The van der Waals surface area contributed by atoms with Gasteiger partial charge in [0.1, 0.15) is 6.26 Å². The van der Waals surface area contributed by atoms with E-state index in [9.17, 15) is 4.79 Å². The van der Waals surface area contributed by atoms with Gasteiger partial charge >= 0.3 is 5.97 Å². The van der Waals surface area contributed by atoms with Crippen molar-refractivity contribution >= 4 is 17.7 Å². The average molecular weight is 246 g/mol. The number of aliphatic carboxylic acids is 1. The number of carboxylic acids is 1. The number of aryl methyl sites for hydroxylation is 2. The minimum Gasteiger partial charge on any atom is -0.481 e. The molecule has 0 aliphatic heterocycles. The molecular formula is C13H14N2O3. The van der Waals surface area contributed by atoms with Gasteiger partial charge in [-0.1, -0.05) is 18.2 Å². The van der Waals surface area contributed by atoms with Crippen molar-refractivity contribution in [3.05, 3.63) is 41.8 Å². The topological polar surface area (TPSA) is 75.4 Å². The molecule has 1 heterocycles. The smallest absolute Gasteiger partial charge is 0.303 e. The van der Waals surface area contributed by atoms with Crippen LogP contribution in [0.1, 0.15) is 17.7 Å². The Labute approximate surface area is 104 Å². The quantitative estimate of drug-likeness (QED) is 0.848. The SMILES string of the molecule is Cc1ccccc1Nc1nc(CCC(=O)O)co1. The highest BCUT2D eigenvalue weighted by Crippen LogP contribution is 2.19. The van der Waals surface area contributed by atoms with Crippen LogP contribution in [-0.4, -0.2) is 16.1 Å². The summed E-state index contributed by atoms with van der Waals surface area (Å²) >= 11 is 0. The van der Waals surface area contributed by atoms with Gasteiger partial charge in [-0.2, -0.15) is 4.98 Å². The highest BCUT2D eigenvalue weighted by atomic mass is 16.4. The van der Waals surface area contributed by atoms with Gasteiger partial charge in [0.2, 0.25) is 0 Å². The summed E-state index contributed by atoms with van der Waals surface area (Å²) in [6.07, 6.45) is 1.90. The summed E-state index contributed by atoms with van der Waals surface area (Å²) in [7, 11) is 0. The molecule has 5 heteroatoms. The molecule has 2 rings (SSSR count). The predicted octanol–water partition coefficient (Wildman–Crippen LogP) is 2.74. The van der Waals surface area contributed by atoms with E-state index in [0.717, 1.165) is 11.3 Å². The third kappa shape index (κ3) is 3.10. The fourth-order valence-corrected chi connectivity index (χ4v) is 1.54. The Morgan fingerprint density at radius 1 is 1.44 bits per heavy atom. The zero-order chi connectivity index (χ0) is 13.0. The molecule has 2 aromatic rings. The van der Waals surface area contributed by atoms with E-state index in [1.165, 1.54) is 6.26 Å². The Balaban J connectivity index is 2.02. The monoisotopic (exact) mass is 246 g/mol. The van der Waals surface area contributed by atoms with Crippen LogP contribution in [0.4, 0.5) is 11.7 Å². The molecule has 0 aliphatic carbocycles. The first kappa shape index (κ1) is 12.2. The van der Waals surface area contributed by atoms with Crippen LogP contribution in [0.2, 0.25) is 0 Å². The summed E-state index contributed by atoms with van der Waals surface area (Å²) < 4.78 is 5.24. The lowest BCUT2D eigenvalue weighted by Crippen LogP contribution is -1.98. The summed E-state index contributed by atoms with van der Waals surface area (Å²) in [6, 6.07) is 8.16. The van der Waals surface area contributed by atoms with Gasteiger partial charge in [0.05, 0.1) is 12.1 Å². The Morgan fingerprint density at radius 2 is 2.22 bits per heavy atom. The van der Waals surface area contributed by atoms with Crippen LogP contribution in [0.3, 0.4) is 0 Å². The van der Waals surface area contributed by atoms with Gasteiger partial charge in [-0.05, 0) is 18.6 Å². The molecule has 0 radical (unpaired) electrons. The number of carboxylic acid groups (broad SMARTS) is 1. The van der Waals surface area contributed by atoms with Crippen molar-refractivity contribution in [2.75, 3.05) is 5.32 Å². The van der Waals surface area contributed by atoms with E-state index in [0.29, 0.717) is 18.1 Å². The molecule has 0 atom stereocenters. The van der Waals surface area contributed by atoms with E-state index in [1.807, 2.05) is 31.2 Å². The van der Waals surface area contributed by atoms with Gasteiger partial charge in [0.25, 0.3) is 6.01 Å². The lowest BCUT2D eigenvalue weighted by atomic mass is 10.2. The number of aromatic nitrogens is 1. The molecule has 5 nitrogen and oxygen atoms in total. The lowest BCUT2D eigenvalue weighted by molar-refractivity contribution is -0.136. The summed E-state index contributed by atoms with van der Waals surface area (Å²) in [5.74, 6) is -0.841. The lowest BCUT2D eigenvalue weighted by Gasteiger charge is -2.04. The molecule has 0 amide bonds. The summed E-state index contributed by atoms with van der Waals surface area (Å²) in [6.45, 7) is 1.98. The molecule has 94 valence electrons. The first-order valence-corrected chi connectivity index (χ1v) is 5.64. The van der Waals surface area contributed by atoms with Crippen LogP contribution in [0.15, 0.2) is 34.9 Å². The molecule has 2 N–H and O–H groups in total. The minimum atomic E-state index is -0.841. The molecular weight excluding hydrogens is 232 g/mol. The van der Waals surface area contributed by atoms with Crippen LogP contribution < -0.4 is 5.32 Å². The summed E-state index contributed by atoms with van der Waals surface area (Å²) in [4.78, 5) is 14.6. The number of nitrogens with one attached hydrogen (secondary N) is 1. The Bertz CT molecular complexity index is 549. The molecule has 0 aliphatic rings. The van der Waals surface area contributed by atoms with Crippen molar-refractivity contribution in [3.63, 3.8) is 0 Å². The van der Waals surface area contributed by atoms with E-state index < -0.39 is 5.97 Å². The van der Waals surface area contributed by atoms with E-state index >= 15 is 0 Å². The standard InChI is InChI=1S/C13H14N2O3/c1-9-4-2-3-5-11(9)15-13-14-10(8-18-13)6-7-12(16)17/h2-5,8H,6-7H2,1H3,(H,14,15)(H,16,17). The first-order chi connectivity index (χ1) is 8.65. The number of carbonyl (C=O) groups is 1. The summed E-state index contributed by atoms with van der Waals surface area (Å²) in [5.41, 5.74) is 2.64. The molecule has 0 spiro atoms. The van der Waals surface area contributed by atoms with Crippen molar-refractivity contribution in [2.24, 2.45) is 0 Å². The van der Waals surface area contributed by atoms with Crippen LogP contribution in [0, 0.1) is 6.92 Å². The van der Waals surface area contributed by atoms with Gasteiger partial charge in [0, 0.05) is 12.1 Å². The molecule has 1 aromatic heterocycles. The van der Waals surface area contributed by atoms with Crippen molar-refractivity contribution in [3.8, 4) is 0 Å². The fraction of sp³-hybridized carbons (Fsp3) is 0.231. The normalized spacial score (nSPS) is 10.3. The van der Waals surface area contributed by atoms with Crippen molar-refractivity contribution < 1.29 is 14.3 Å². The maximum Gasteiger partial charge on any atom is 0.303 e. The van der Waals surface area contributed by atoms with Crippen LogP contribution in [-0.2, 0) is 11.2 Å². The van der Waals surface area contributed by atoms with Gasteiger partial charge in [-0.25, -0.2) is 0 Å². The Kier molecular flexibility index (Phi) is 3.62. The first-order valence-electron chi connectivity index (χ1n) is 5.64. The van der Waals surface area contributed by atoms with Crippen LogP contribution in [0.25, 0.3) is 0 Å². The van der Waals surface area contributed by atoms with Crippen LogP contribution in [0.5, 0.6) is 0 Å². The molecule has 18 heavy (non-hydrogen) atoms. The third-order valence-electron chi connectivity index (χ3n) is 2.53. The predicted molar refractivity (Wildman–Crippen MR) is 66.9 cm³/mol. The molecule has 0 saturated heterocycles. The Morgan fingerprint density at radius 3 is 2.94 bits per heavy atom. The molecule has 1 aromatic carbocycles. The maximum atomic E-state index is 10.4. The Hall–Kier alpha value is -2.30. The van der Waals surface area contributed by atoms with Gasteiger partial charge < -0.3 is 14.8 Å². The number of nitrogens with zero attached hydrogens (tertiary/aromatic N) is 1. The summed E-state index contributed by atoms with van der Waals surface area (Å²) in [5, 5.41) is 11.6. The van der Waals surface area contributed by atoms with Crippen LogP contribution >= 0.6 is 0 Å². The number of hydrogen-bond donors (Lipinski definition) is 2. The van der Waals surface area contributed by atoms with Crippen molar-refractivity contribution in [2.45, 2.75) is 19.8 Å². The van der Waals surface area contributed by atoms with Crippen molar-refractivity contribution in [1.29, 1.82) is 0 Å². The van der Waals surface area contributed by atoms with E-state index in [1.54, 1.807) is 0 Å². The molecule has 0 saturated carbocycles. The van der Waals surface area contributed by atoms with Gasteiger partial charge in [0.15, 0.2) is 0 Å². The van der Waals surface area contributed by atoms with E-state index in [2.05, 4.69) is 10.3 Å². The number of hydrogen-bond acceptors (Lipinski definition) is 4. The fourth-order valence-electron chi connectivity index (χ4n) is 1.54. The molecule has 0 bridgehead atoms. The molecule has 0 fully saturated rings. The van der Waals surface area contributed by atoms with E-state index in [-0.39, 0.29) is 6.42 Å². The zero-order valence-corrected chi connectivity index (χ0v) is 10.0. The highest BCUT2D eigenvalue weighted by Gasteiger charge is 2.07. The number of benzene rings is 1. The second kappa shape index (κ2) is 5.35. The number of anilines is 2. The maximum absolute atomic E-state index is 10.4. The van der Waals surface area contributed by atoms with Crippen molar-refractivity contribution in [1.82, 2.24) is 4.98 Å². The number of rotatable bonds is 5. The zero-order valence-electron chi connectivity index (χ0n) is 10.0. The number of oxazole rings is 1. The highest BCUT2D eigenvalue weighted by molar-refractivity contribution is 5.67. The second-order valence-corrected chi connectivity index (χ2v) is 3.98. The largest absolute Gasteiger partial charge is 0.481 e. The second-order valence-electron chi connectivity index (χ2n) is 3.98. The number of para-hydroxylation sites is 1. The van der Waals surface area contributed by atoms with Gasteiger partial charge in [-0.15, -0.1) is 0 Å². The third-order valence-corrected chi connectivity index (χ3v) is 2.53. The van der Waals surface area contributed by atoms with E-state index in [4.69, 9.17) is 9.52 Å².